The summed E-state index contributed by atoms with van der Waals surface area (Å²) in [5, 5.41) is 6.33. The standard InChI is InChI=1S/C20H27N3O/c1-2-3-6-13-22-14-16-9-11-17(12-10-16)20(24)23-15-18-7-4-5-8-19(18)21/h4-5,7-12,22H,2-3,6,13-15,21H2,1H3,(H,23,24). The molecule has 0 saturated heterocycles. The van der Waals surface area contributed by atoms with Gasteiger partial charge in [0.05, 0.1) is 0 Å². The van der Waals surface area contributed by atoms with Crippen molar-refractivity contribution >= 4 is 11.6 Å². The maximum atomic E-state index is 12.2. The second-order valence-corrected chi connectivity index (χ2v) is 5.96. The largest absolute Gasteiger partial charge is 0.398 e. The van der Waals surface area contributed by atoms with E-state index < -0.39 is 0 Å². The normalized spacial score (nSPS) is 10.5. The summed E-state index contributed by atoms with van der Waals surface area (Å²) < 4.78 is 0. The third-order valence-electron chi connectivity index (χ3n) is 4.00. The van der Waals surface area contributed by atoms with Gasteiger partial charge in [0.25, 0.3) is 5.91 Å². The second-order valence-electron chi connectivity index (χ2n) is 5.96. The molecule has 4 nitrogen and oxygen atoms in total. The maximum absolute atomic E-state index is 12.2. The molecular formula is C20H27N3O. The third kappa shape index (κ3) is 5.70. The molecule has 0 radical (unpaired) electrons. The van der Waals surface area contributed by atoms with Gasteiger partial charge in [-0.2, -0.15) is 0 Å². The minimum Gasteiger partial charge on any atom is -0.398 e. The molecule has 128 valence electrons. The number of amides is 1. The molecule has 2 aromatic rings. The summed E-state index contributed by atoms with van der Waals surface area (Å²) in [7, 11) is 0. The number of hydrogen-bond acceptors (Lipinski definition) is 3. The Balaban J connectivity index is 1.79. The molecule has 0 aromatic heterocycles. The zero-order valence-electron chi connectivity index (χ0n) is 14.3. The predicted molar refractivity (Wildman–Crippen MR) is 99.7 cm³/mol. The molecule has 0 atom stereocenters. The Morgan fingerprint density at radius 1 is 1.00 bits per heavy atom. The van der Waals surface area contributed by atoms with Gasteiger partial charge in [-0.3, -0.25) is 4.79 Å². The molecule has 2 aromatic carbocycles. The van der Waals surface area contributed by atoms with Crippen molar-refractivity contribution in [3.63, 3.8) is 0 Å². The highest BCUT2D eigenvalue weighted by molar-refractivity contribution is 5.94. The summed E-state index contributed by atoms with van der Waals surface area (Å²) in [6.45, 7) is 4.52. The van der Waals surface area contributed by atoms with Crippen LogP contribution in [0.5, 0.6) is 0 Å². The van der Waals surface area contributed by atoms with Crippen LogP contribution in [-0.4, -0.2) is 12.5 Å². The average Bonchev–Trinajstić information content (AvgIpc) is 2.61. The van der Waals surface area contributed by atoms with E-state index in [4.69, 9.17) is 5.73 Å². The van der Waals surface area contributed by atoms with E-state index in [2.05, 4.69) is 17.6 Å². The molecule has 0 fully saturated rings. The van der Waals surface area contributed by atoms with Gasteiger partial charge < -0.3 is 16.4 Å². The highest BCUT2D eigenvalue weighted by Crippen LogP contribution is 2.10. The predicted octanol–water partition coefficient (Wildman–Crippen LogP) is 3.48. The SMILES string of the molecule is CCCCCNCc1ccc(C(=O)NCc2ccccc2N)cc1. The van der Waals surface area contributed by atoms with Crippen molar-refractivity contribution in [2.75, 3.05) is 12.3 Å². The molecular weight excluding hydrogens is 298 g/mol. The highest BCUT2D eigenvalue weighted by atomic mass is 16.1. The van der Waals surface area contributed by atoms with Gasteiger partial charge >= 0.3 is 0 Å². The number of nitrogen functional groups attached to an aromatic ring is 1. The molecule has 0 aliphatic heterocycles. The van der Waals surface area contributed by atoms with E-state index >= 15 is 0 Å². The summed E-state index contributed by atoms with van der Waals surface area (Å²) in [5.41, 5.74) is 9.37. The number of rotatable bonds is 9. The van der Waals surface area contributed by atoms with Crippen molar-refractivity contribution in [2.24, 2.45) is 0 Å². The summed E-state index contributed by atoms with van der Waals surface area (Å²) in [6.07, 6.45) is 3.71. The minimum atomic E-state index is -0.0827. The van der Waals surface area contributed by atoms with Gasteiger partial charge in [0.15, 0.2) is 0 Å². The van der Waals surface area contributed by atoms with Crippen molar-refractivity contribution in [1.29, 1.82) is 0 Å². The number of unbranched alkanes of at least 4 members (excludes halogenated alkanes) is 2. The van der Waals surface area contributed by atoms with Crippen LogP contribution in [0.15, 0.2) is 48.5 Å². The molecule has 2 rings (SSSR count). The van der Waals surface area contributed by atoms with Crippen LogP contribution in [-0.2, 0) is 13.1 Å². The molecule has 1 amide bonds. The van der Waals surface area contributed by atoms with Crippen molar-refractivity contribution < 1.29 is 4.79 Å². The van der Waals surface area contributed by atoms with Crippen LogP contribution in [0.2, 0.25) is 0 Å². The topological polar surface area (TPSA) is 67.2 Å². The number of anilines is 1. The summed E-state index contributed by atoms with van der Waals surface area (Å²) in [5.74, 6) is -0.0827. The van der Waals surface area contributed by atoms with Crippen molar-refractivity contribution in [3.05, 3.63) is 65.2 Å². The van der Waals surface area contributed by atoms with Crippen molar-refractivity contribution in [3.8, 4) is 0 Å². The Labute approximate surface area is 144 Å². The monoisotopic (exact) mass is 325 g/mol. The van der Waals surface area contributed by atoms with E-state index in [0.717, 1.165) is 18.7 Å². The lowest BCUT2D eigenvalue weighted by molar-refractivity contribution is 0.0951. The van der Waals surface area contributed by atoms with E-state index in [-0.39, 0.29) is 5.91 Å². The van der Waals surface area contributed by atoms with E-state index in [1.165, 1.54) is 24.8 Å². The molecule has 0 unspecified atom stereocenters. The molecule has 4 N–H and O–H groups in total. The van der Waals surface area contributed by atoms with E-state index in [1.807, 2.05) is 48.5 Å². The fraction of sp³-hybridized carbons (Fsp3) is 0.350. The Kier molecular flexibility index (Phi) is 7.30. The lowest BCUT2D eigenvalue weighted by Crippen LogP contribution is -2.23. The van der Waals surface area contributed by atoms with Gasteiger partial charge in [-0.05, 0) is 42.3 Å². The maximum Gasteiger partial charge on any atom is 0.251 e. The number of benzene rings is 2. The Hall–Kier alpha value is -2.33. The van der Waals surface area contributed by atoms with Gasteiger partial charge in [-0.15, -0.1) is 0 Å². The number of carbonyl (C=O) groups excluding carboxylic acids is 1. The smallest absolute Gasteiger partial charge is 0.251 e. The van der Waals surface area contributed by atoms with Crippen LogP contribution >= 0.6 is 0 Å². The first-order valence-electron chi connectivity index (χ1n) is 8.62. The van der Waals surface area contributed by atoms with Crippen LogP contribution in [0.1, 0.15) is 47.7 Å². The molecule has 0 bridgehead atoms. The van der Waals surface area contributed by atoms with Crippen LogP contribution in [0.3, 0.4) is 0 Å². The Bertz CT molecular complexity index is 638. The molecule has 0 spiro atoms. The van der Waals surface area contributed by atoms with Crippen LogP contribution in [0.4, 0.5) is 5.69 Å². The van der Waals surface area contributed by atoms with E-state index in [1.54, 1.807) is 0 Å². The first-order valence-corrected chi connectivity index (χ1v) is 8.62. The van der Waals surface area contributed by atoms with E-state index in [0.29, 0.717) is 17.8 Å². The third-order valence-corrected chi connectivity index (χ3v) is 4.00. The number of carbonyl (C=O) groups is 1. The number of para-hydroxylation sites is 1. The Morgan fingerprint density at radius 2 is 1.75 bits per heavy atom. The van der Waals surface area contributed by atoms with Gasteiger partial charge in [-0.25, -0.2) is 0 Å². The number of hydrogen-bond donors (Lipinski definition) is 3. The summed E-state index contributed by atoms with van der Waals surface area (Å²) in [6, 6.07) is 15.3. The fourth-order valence-corrected chi connectivity index (χ4v) is 2.48. The molecule has 24 heavy (non-hydrogen) atoms. The van der Waals surface area contributed by atoms with Gasteiger partial charge in [0.1, 0.15) is 0 Å². The van der Waals surface area contributed by atoms with Crippen LogP contribution in [0, 0.1) is 0 Å². The first kappa shape index (κ1) is 18.0. The molecule has 0 heterocycles. The lowest BCUT2D eigenvalue weighted by Gasteiger charge is -2.09. The van der Waals surface area contributed by atoms with Crippen LogP contribution in [0.25, 0.3) is 0 Å². The Morgan fingerprint density at radius 3 is 2.46 bits per heavy atom. The molecule has 0 aliphatic rings. The zero-order chi connectivity index (χ0) is 17.2. The van der Waals surface area contributed by atoms with Crippen molar-refractivity contribution in [2.45, 2.75) is 39.3 Å². The molecule has 4 heteroatoms. The average molecular weight is 325 g/mol. The van der Waals surface area contributed by atoms with Crippen LogP contribution < -0.4 is 16.4 Å². The van der Waals surface area contributed by atoms with Gasteiger partial charge in [0, 0.05) is 24.3 Å². The molecule has 0 aliphatic carbocycles. The summed E-state index contributed by atoms with van der Waals surface area (Å²) >= 11 is 0. The van der Waals surface area contributed by atoms with Crippen molar-refractivity contribution in [1.82, 2.24) is 10.6 Å². The fourth-order valence-electron chi connectivity index (χ4n) is 2.48. The summed E-state index contributed by atoms with van der Waals surface area (Å²) in [4.78, 5) is 12.2. The highest BCUT2D eigenvalue weighted by Gasteiger charge is 2.06. The first-order chi connectivity index (χ1) is 11.7. The minimum absolute atomic E-state index is 0.0827. The number of nitrogens with one attached hydrogen (secondary N) is 2. The van der Waals surface area contributed by atoms with Gasteiger partial charge in [-0.1, -0.05) is 50.1 Å². The van der Waals surface area contributed by atoms with Gasteiger partial charge in [0.2, 0.25) is 0 Å². The zero-order valence-corrected chi connectivity index (χ0v) is 14.3. The number of nitrogens with two attached hydrogens (primary N) is 1. The quantitative estimate of drug-likeness (QED) is 0.488. The lowest BCUT2D eigenvalue weighted by atomic mass is 10.1. The second kappa shape index (κ2) is 9.73. The van der Waals surface area contributed by atoms with E-state index in [9.17, 15) is 4.79 Å². The molecule has 0 saturated carbocycles.